The SMILES string of the molecule is O=C1NC(=O)N(Cc2ccccc2)C(=O)[C@H]1Cc1ccc(O)cc1. The standard InChI is InChI=1S/C18H16N2O4/c21-14-8-6-12(7-9-14)10-15-16(22)19-18(24)20(17(15)23)11-13-4-2-1-3-5-13/h1-9,15,21H,10-11H2,(H,19,22,24)/t15-/m0/s1. The van der Waals surface area contributed by atoms with Gasteiger partial charge in [-0.05, 0) is 29.7 Å². The molecule has 1 aliphatic rings. The Morgan fingerprint density at radius 2 is 1.58 bits per heavy atom. The second kappa shape index (κ2) is 6.54. The van der Waals surface area contributed by atoms with Crippen LogP contribution in [-0.4, -0.2) is 27.9 Å². The number of amides is 4. The molecule has 0 saturated carbocycles. The van der Waals surface area contributed by atoms with Crippen molar-refractivity contribution in [2.24, 2.45) is 5.92 Å². The number of imide groups is 2. The highest BCUT2D eigenvalue weighted by atomic mass is 16.3. The van der Waals surface area contributed by atoms with Crippen LogP contribution in [0.15, 0.2) is 54.6 Å². The van der Waals surface area contributed by atoms with E-state index in [0.717, 1.165) is 16.0 Å². The minimum atomic E-state index is -0.962. The van der Waals surface area contributed by atoms with Gasteiger partial charge in [-0.1, -0.05) is 42.5 Å². The van der Waals surface area contributed by atoms with Crippen LogP contribution in [0.4, 0.5) is 4.79 Å². The maximum atomic E-state index is 12.6. The molecule has 1 fully saturated rings. The van der Waals surface area contributed by atoms with Crippen LogP contribution < -0.4 is 5.32 Å². The number of aromatic hydroxyl groups is 1. The Morgan fingerprint density at radius 1 is 0.917 bits per heavy atom. The highest BCUT2D eigenvalue weighted by Gasteiger charge is 2.40. The van der Waals surface area contributed by atoms with E-state index in [9.17, 15) is 19.5 Å². The first kappa shape index (κ1) is 15.7. The van der Waals surface area contributed by atoms with Crippen molar-refractivity contribution in [2.45, 2.75) is 13.0 Å². The fourth-order valence-corrected chi connectivity index (χ4v) is 2.62. The van der Waals surface area contributed by atoms with Crippen LogP contribution in [0, 0.1) is 5.92 Å². The zero-order chi connectivity index (χ0) is 17.1. The molecule has 122 valence electrons. The second-order valence-corrected chi connectivity index (χ2v) is 5.63. The molecule has 1 heterocycles. The smallest absolute Gasteiger partial charge is 0.331 e. The predicted molar refractivity (Wildman–Crippen MR) is 85.8 cm³/mol. The van der Waals surface area contributed by atoms with Crippen molar-refractivity contribution >= 4 is 17.8 Å². The first-order valence-corrected chi connectivity index (χ1v) is 7.52. The third-order valence-corrected chi connectivity index (χ3v) is 3.92. The molecule has 0 radical (unpaired) electrons. The van der Waals surface area contributed by atoms with Crippen LogP contribution in [0.1, 0.15) is 11.1 Å². The van der Waals surface area contributed by atoms with Gasteiger partial charge in [0.25, 0.3) is 0 Å². The minimum absolute atomic E-state index is 0.110. The lowest BCUT2D eigenvalue weighted by Gasteiger charge is -2.30. The Labute approximate surface area is 138 Å². The molecule has 1 atom stereocenters. The van der Waals surface area contributed by atoms with Gasteiger partial charge in [-0.15, -0.1) is 0 Å². The Hall–Kier alpha value is -3.15. The van der Waals surface area contributed by atoms with Gasteiger partial charge in [0, 0.05) is 0 Å². The number of nitrogens with zero attached hydrogens (tertiary/aromatic N) is 1. The number of hydrogen-bond donors (Lipinski definition) is 2. The molecule has 2 N–H and O–H groups in total. The molecule has 3 rings (SSSR count). The largest absolute Gasteiger partial charge is 0.508 e. The summed E-state index contributed by atoms with van der Waals surface area (Å²) in [5.41, 5.74) is 1.54. The molecular formula is C18H16N2O4. The van der Waals surface area contributed by atoms with Gasteiger partial charge in [-0.3, -0.25) is 19.8 Å². The monoisotopic (exact) mass is 324 g/mol. The van der Waals surface area contributed by atoms with E-state index in [-0.39, 0.29) is 18.7 Å². The van der Waals surface area contributed by atoms with E-state index in [2.05, 4.69) is 5.32 Å². The lowest BCUT2D eigenvalue weighted by Crippen LogP contribution is -2.57. The quantitative estimate of drug-likeness (QED) is 0.840. The highest BCUT2D eigenvalue weighted by molar-refractivity contribution is 6.16. The third-order valence-electron chi connectivity index (χ3n) is 3.92. The number of hydrogen-bond acceptors (Lipinski definition) is 4. The number of nitrogens with one attached hydrogen (secondary N) is 1. The molecule has 1 saturated heterocycles. The van der Waals surface area contributed by atoms with Crippen molar-refractivity contribution in [2.75, 3.05) is 0 Å². The summed E-state index contributed by atoms with van der Waals surface area (Å²) in [6, 6.07) is 14.7. The van der Waals surface area contributed by atoms with Crippen LogP contribution in [0.5, 0.6) is 5.75 Å². The molecule has 1 aliphatic heterocycles. The summed E-state index contributed by atoms with van der Waals surface area (Å²) in [6.45, 7) is 0.116. The van der Waals surface area contributed by atoms with Crippen LogP contribution >= 0.6 is 0 Å². The molecule has 4 amide bonds. The maximum absolute atomic E-state index is 12.6. The van der Waals surface area contributed by atoms with Gasteiger partial charge < -0.3 is 5.11 Å². The van der Waals surface area contributed by atoms with Gasteiger partial charge in [0.2, 0.25) is 11.8 Å². The Morgan fingerprint density at radius 3 is 2.25 bits per heavy atom. The van der Waals surface area contributed by atoms with Crippen molar-refractivity contribution in [3.63, 3.8) is 0 Å². The third kappa shape index (κ3) is 3.27. The van der Waals surface area contributed by atoms with Gasteiger partial charge in [0.1, 0.15) is 11.7 Å². The molecule has 0 unspecified atom stereocenters. The minimum Gasteiger partial charge on any atom is -0.508 e. The van der Waals surface area contributed by atoms with E-state index >= 15 is 0 Å². The van der Waals surface area contributed by atoms with E-state index in [0.29, 0.717) is 0 Å². The van der Waals surface area contributed by atoms with Crippen molar-refractivity contribution in [1.29, 1.82) is 0 Å². The summed E-state index contributed by atoms with van der Waals surface area (Å²) in [5, 5.41) is 11.5. The zero-order valence-corrected chi connectivity index (χ0v) is 12.8. The summed E-state index contributed by atoms with van der Waals surface area (Å²) in [5.74, 6) is -1.96. The number of urea groups is 1. The maximum Gasteiger partial charge on any atom is 0.331 e. The van der Waals surface area contributed by atoms with Gasteiger partial charge in [-0.2, -0.15) is 0 Å². The average molecular weight is 324 g/mol. The van der Waals surface area contributed by atoms with E-state index in [1.807, 2.05) is 30.3 Å². The number of benzene rings is 2. The number of phenolic OH excluding ortho intramolecular Hbond substituents is 1. The number of barbiturate groups is 1. The van der Waals surface area contributed by atoms with Crippen molar-refractivity contribution in [3.8, 4) is 5.75 Å². The fourth-order valence-electron chi connectivity index (χ4n) is 2.62. The van der Waals surface area contributed by atoms with Crippen LogP contribution in [0.3, 0.4) is 0 Å². The average Bonchev–Trinajstić information content (AvgIpc) is 2.58. The topological polar surface area (TPSA) is 86.7 Å². The lowest BCUT2D eigenvalue weighted by molar-refractivity contribution is -0.142. The number of phenols is 1. The van der Waals surface area contributed by atoms with E-state index in [4.69, 9.17) is 0 Å². The van der Waals surface area contributed by atoms with E-state index in [1.165, 1.54) is 12.1 Å². The molecular weight excluding hydrogens is 308 g/mol. The number of carbonyl (C=O) groups is 3. The van der Waals surface area contributed by atoms with Crippen molar-refractivity contribution in [1.82, 2.24) is 10.2 Å². The second-order valence-electron chi connectivity index (χ2n) is 5.63. The van der Waals surface area contributed by atoms with Crippen molar-refractivity contribution in [3.05, 3.63) is 65.7 Å². The van der Waals surface area contributed by atoms with Gasteiger partial charge in [0.05, 0.1) is 6.54 Å². The molecule has 6 heteroatoms. The van der Waals surface area contributed by atoms with Crippen molar-refractivity contribution < 1.29 is 19.5 Å². The van der Waals surface area contributed by atoms with Gasteiger partial charge in [0.15, 0.2) is 0 Å². The summed E-state index contributed by atoms with van der Waals surface area (Å²) >= 11 is 0. The van der Waals surface area contributed by atoms with Gasteiger partial charge >= 0.3 is 6.03 Å². The van der Waals surface area contributed by atoms with E-state index < -0.39 is 23.8 Å². The zero-order valence-electron chi connectivity index (χ0n) is 12.8. The van der Waals surface area contributed by atoms with Gasteiger partial charge in [-0.25, -0.2) is 4.79 Å². The molecule has 2 aromatic carbocycles. The summed E-state index contributed by atoms with van der Waals surface area (Å²) in [6.07, 6.45) is 0.170. The Bertz CT molecular complexity index is 771. The molecule has 0 aromatic heterocycles. The molecule has 0 spiro atoms. The molecule has 24 heavy (non-hydrogen) atoms. The molecule has 2 aromatic rings. The van der Waals surface area contributed by atoms with Crippen LogP contribution in [0.2, 0.25) is 0 Å². The Balaban J connectivity index is 1.79. The molecule has 0 aliphatic carbocycles. The predicted octanol–water partition coefficient (Wildman–Crippen LogP) is 1.83. The summed E-state index contributed by atoms with van der Waals surface area (Å²) in [7, 11) is 0. The fraction of sp³-hybridized carbons (Fsp3) is 0.167. The van der Waals surface area contributed by atoms with Crippen LogP contribution in [-0.2, 0) is 22.6 Å². The van der Waals surface area contributed by atoms with E-state index in [1.54, 1.807) is 12.1 Å². The first-order chi connectivity index (χ1) is 11.5. The molecule has 0 bridgehead atoms. The number of carbonyl (C=O) groups excluding carboxylic acids is 3. The summed E-state index contributed by atoms with van der Waals surface area (Å²) < 4.78 is 0. The summed E-state index contributed by atoms with van der Waals surface area (Å²) in [4.78, 5) is 37.7. The number of rotatable bonds is 4. The van der Waals surface area contributed by atoms with Crippen LogP contribution in [0.25, 0.3) is 0 Å². The Kier molecular flexibility index (Phi) is 4.29. The molecule has 6 nitrogen and oxygen atoms in total. The lowest BCUT2D eigenvalue weighted by atomic mass is 9.95. The normalized spacial score (nSPS) is 17.8. The highest BCUT2D eigenvalue weighted by Crippen LogP contribution is 2.20. The first-order valence-electron chi connectivity index (χ1n) is 7.52.